The summed E-state index contributed by atoms with van der Waals surface area (Å²) in [6.07, 6.45) is 1.59. The van der Waals surface area contributed by atoms with E-state index in [0.717, 1.165) is 5.75 Å². The average molecular weight is 254 g/mol. The minimum atomic E-state index is 0.381. The number of nitrogens with zero attached hydrogens (tertiary/aromatic N) is 2. The van der Waals surface area contributed by atoms with Gasteiger partial charge in [0, 0.05) is 24.5 Å². The van der Waals surface area contributed by atoms with Crippen LogP contribution >= 0.6 is 0 Å². The Morgan fingerprint density at radius 3 is 3.00 bits per heavy atom. The molecule has 96 valence electrons. The van der Waals surface area contributed by atoms with Crippen LogP contribution in [0.15, 0.2) is 42.6 Å². The highest BCUT2D eigenvalue weighted by Crippen LogP contribution is 2.14. The molecule has 0 saturated carbocycles. The van der Waals surface area contributed by atoms with Gasteiger partial charge in [0.15, 0.2) is 5.69 Å². The van der Waals surface area contributed by atoms with Crippen molar-refractivity contribution >= 4 is 11.4 Å². The lowest BCUT2D eigenvalue weighted by Crippen LogP contribution is -2.12. The first-order chi connectivity index (χ1) is 9.29. The van der Waals surface area contributed by atoms with Gasteiger partial charge in [0.1, 0.15) is 18.4 Å². The first-order valence-electron chi connectivity index (χ1n) is 5.87. The maximum absolute atomic E-state index is 8.89. The van der Waals surface area contributed by atoms with Crippen LogP contribution in [0.4, 0.5) is 11.4 Å². The van der Waals surface area contributed by atoms with Gasteiger partial charge in [0.2, 0.25) is 0 Å². The van der Waals surface area contributed by atoms with Crippen LogP contribution < -0.4 is 15.8 Å². The van der Waals surface area contributed by atoms with Crippen molar-refractivity contribution in [2.45, 2.75) is 0 Å². The fourth-order valence-corrected chi connectivity index (χ4v) is 1.60. The van der Waals surface area contributed by atoms with Crippen LogP contribution in [0.25, 0.3) is 0 Å². The summed E-state index contributed by atoms with van der Waals surface area (Å²) in [6.45, 7) is 1.05. The number of ether oxygens (including phenoxy) is 1. The minimum absolute atomic E-state index is 0.381. The molecule has 0 aliphatic heterocycles. The molecule has 5 nitrogen and oxygen atoms in total. The summed E-state index contributed by atoms with van der Waals surface area (Å²) in [4.78, 5) is 3.96. The monoisotopic (exact) mass is 254 g/mol. The van der Waals surface area contributed by atoms with Crippen LogP contribution in [-0.4, -0.2) is 18.1 Å². The van der Waals surface area contributed by atoms with Gasteiger partial charge in [-0.25, -0.2) is 4.98 Å². The average Bonchev–Trinajstić information content (AvgIpc) is 2.44. The Morgan fingerprint density at radius 2 is 2.21 bits per heavy atom. The number of hydrogen-bond donors (Lipinski definition) is 2. The lowest BCUT2D eigenvalue weighted by atomic mass is 10.3. The topological polar surface area (TPSA) is 84.0 Å². The zero-order valence-electron chi connectivity index (χ0n) is 10.3. The van der Waals surface area contributed by atoms with Gasteiger partial charge in [-0.3, -0.25) is 0 Å². The first-order valence-corrected chi connectivity index (χ1v) is 5.87. The predicted molar refractivity (Wildman–Crippen MR) is 73.8 cm³/mol. The van der Waals surface area contributed by atoms with Gasteiger partial charge >= 0.3 is 0 Å². The minimum Gasteiger partial charge on any atom is -0.492 e. The Hall–Kier alpha value is -2.74. The van der Waals surface area contributed by atoms with Gasteiger partial charge in [-0.2, -0.15) is 5.26 Å². The molecule has 0 atom stereocenters. The number of rotatable bonds is 5. The quantitative estimate of drug-likeness (QED) is 0.630. The maximum atomic E-state index is 8.89. The second-order valence-corrected chi connectivity index (χ2v) is 3.86. The fraction of sp³-hybridized carbons (Fsp3) is 0.143. The Balaban J connectivity index is 1.83. The van der Waals surface area contributed by atoms with Crippen molar-refractivity contribution in [2.24, 2.45) is 0 Å². The van der Waals surface area contributed by atoms with Gasteiger partial charge < -0.3 is 15.8 Å². The highest BCUT2D eigenvalue weighted by atomic mass is 16.5. The summed E-state index contributed by atoms with van der Waals surface area (Å²) < 4.78 is 5.54. The molecule has 0 bridgehead atoms. The van der Waals surface area contributed by atoms with E-state index in [4.69, 9.17) is 15.7 Å². The van der Waals surface area contributed by atoms with Crippen LogP contribution in [-0.2, 0) is 0 Å². The van der Waals surface area contributed by atoms with Crippen molar-refractivity contribution in [2.75, 3.05) is 24.2 Å². The summed E-state index contributed by atoms with van der Waals surface area (Å²) >= 11 is 0. The Morgan fingerprint density at radius 1 is 1.32 bits per heavy atom. The molecule has 0 spiro atoms. The predicted octanol–water partition coefficient (Wildman–Crippen LogP) is 2.03. The maximum Gasteiger partial charge on any atom is 0.163 e. The largest absolute Gasteiger partial charge is 0.492 e. The SMILES string of the molecule is N#Cc1ncccc1NCCOc1cccc(N)c1. The number of hydrogen-bond acceptors (Lipinski definition) is 5. The number of aromatic nitrogens is 1. The van der Waals surface area contributed by atoms with E-state index in [2.05, 4.69) is 10.3 Å². The summed E-state index contributed by atoms with van der Waals surface area (Å²) in [5.41, 5.74) is 7.41. The second-order valence-electron chi connectivity index (χ2n) is 3.86. The molecule has 0 amide bonds. The molecule has 5 heteroatoms. The molecule has 0 aliphatic rings. The van der Waals surface area contributed by atoms with Gasteiger partial charge in [-0.05, 0) is 24.3 Å². The molecule has 1 aromatic carbocycles. The Bertz CT molecular complexity index is 592. The van der Waals surface area contributed by atoms with Crippen molar-refractivity contribution < 1.29 is 4.74 Å². The van der Waals surface area contributed by atoms with E-state index < -0.39 is 0 Å². The molecule has 3 N–H and O–H groups in total. The van der Waals surface area contributed by atoms with Crippen molar-refractivity contribution in [1.29, 1.82) is 5.26 Å². The van der Waals surface area contributed by atoms with E-state index in [1.165, 1.54) is 0 Å². The summed E-state index contributed by atoms with van der Waals surface area (Å²) in [5, 5.41) is 12.0. The molecule has 0 unspecified atom stereocenters. The lowest BCUT2D eigenvalue weighted by molar-refractivity contribution is 0.333. The zero-order chi connectivity index (χ0) is 13.5. The van der Waals surface area contributed by atoms with Gasteiger partial charge in [-0.15, -0.1) is 0 Å². The van der Waals surface area contributed by atoms with Gasteiger partial charge in [0.05, 0.1) is 5.69 Å². The lowest BCUT2D eigenvalue weighted by Gasteiger charge is -2.09. The standard InChI is InChI=1S/C14H14N4O/c15-10-14-13(5-2-6-17-14)18-7-8-19-12-4-1-3-11(16)9-12/h1-6,9,18H,7-8,16H2. The first kappa shape index (κ1) is 12.7. The highest BCUT2D eigenvalue weighted by molar-refractivity contribution is 5.53. The molecule has 0 saturated heterocycles. The highest BCUT2D eigenvalue weighted by Gasteiger charge is 2.01. The number of pyridine rings is 1. The van der Waals surface area contributed by atoms with E-state index in [1.54, 1.807) is 24.4 Å². The molecular weight excluding hydrogens is 240 g/mol. The van der Waals surface area contributed by atoms with Crippen molar-refractivity contribution in [1.82, 2.24) is 4.98 Å². The van der Waals surface area contributed by atoms with E-state index in [1.807, 2.05) is 24.3 Å². The third kappa shape index (κ3) is 3.61. The molecule has 2 aromatic rings. The molecule has 1 heterocycles. The van der Waals surface area contributed by atoms with E-state index in [-0.39, 0.29) is 0 Å². The van der Waals surface area contributed by atoms with E-state index >= 15 is 0 Å². The number of anilines is 2. The van der Waals surface area contributed by atoms with Crippen LogP contribution in [0.5, 0.6) is 5.75 Å². The molecule has 0 fully saturated rings. The molecule has 0 aliphatic carbocycles. The Labute approximate surface area is 111 Å². The third-order valence-electron chi connectivity index (χ3n) is 2.46. The van der Waals surface area contributed by atoms with Crippen molar-refractivity contribution in [3.8, 4) is 11.8 Å². The number of nitrogens with one attached hydrogen (secondary N) is 1. The van der Waals surface area contributed by atoms with Crippen LogP contribution in [0.1, 0.15) is 5.69 Å². The van der Waals surface area contributed by atoms with Gasteiger partial charge in [-0.1, -0.05) is 6.07 Å². The van der Waals surface area contributed by atoms with E-state index in [9.17, 15) is 0 Å². The molecule has 19 heavy (non-hydrogen) atoms. The number of nitriles is 1. The number of benzene rings is 1. The number of nitrogens with two attached hydrogens (primary N) is 1. The molecule has 0 radical (unpaired) electrons. The summed E-state index contributed by atoms with van der Waals surface area (Å²) in [5.74, 6) is 0.730. The van der Waals surface area contributed by atoms with Crippen LogP contribution in [0, 0.1) is 11.3 Å². The van der Waals surface area contributed by atoms with Crippen LogP contribution in [0.2, 0.25) is 0 Å². The van der Waals surface area contributed by atoms with Crippen molar-refractivity contribution in [3.63, 3.8) is 0 Å². The second kappa shape index (κ2) is 6.26. The summed E-state index contributed by atoms with van der Waals surface area (Å²) in [7, 11) is 0. The normalized spacial score (nSPS) is 9.63. The number of nitrogen functional groups attached to an aromatic ring is 1. The summed E-state index contributed by atoms with van der Waals surface area (Å²) in [6, 6.07) is 12.9. The fourth-order valence-electron chi connectivity index (χ4n) is 1.60. The van der Waals surface area contributed by atoms with Gasteiger partial charge in [0.25, 0.3) is 0 Å². The van der Waals surface area contributed by atoms with Crippen molar-refractivity contribution in [3.05, 3.63) is 48.3 Å². The van der Waals surface area contributed by atoms with E-state index in [0.29, 0.717) is 30.2 Å². The molecular formula is C14H14N4O. The molecule has 2 rings (SSSR count). The zero-order valence-corrected chi connectivity index (χ0v) is 10.3. The third-order valence-corrected chi connectivity index (χ3v) is 2.46. The smallest absolute Gasteiger partial charge is 0.163 e. The Kier molecular flexibility index (Phi) is 4.19. The molecule has 1 aromatic heterocycles. The van der Waals surface area contributed by atoms with Crippen LogP contribution in [0.3, 0.4) is 0 Å².